The summed E-state index contributed by atoms with van der Waals surface area (Å²) in [6.45, 7) is 2.27. The average Bonchev–Trinajstić information content (AvgIpc) is 2.55. The number of benzene rings is 1. The summed E-state index contributed by atoms with van der Waals surface area (Å²) in [5.74, 6) is 1.50. The van der Waals surface area contributed by atoms with E-state index in [1.165, 1.54) is 44.1 Å². The summed E-state index contributed by atoms with van der Waals surface area (Å²) in [5.41, 5.74) is 2.93. The fraction of sp³-hybridized carbons (Fsp3) is 0.500. The van der Waals surface area contributed by atoms with E-state index in [0.717, 1.165) is 12.2 Å². The fourth-order valence-corrected chi connectivity index (χ4v) is 3.02. The third kappa shape index (κ3) is 5.08. The lowest BCUT2D eigenvalue weighted by molar-refractivity contribution is 0.301. The number of unbranched alkanes of at least 4 members (excludes halogenated alkanes) is 4. The van der Waals surface area contributed by atoms with Crippen LogP contribution in [0.4, 0.5) is 0 Å². The van der Waals surface area contributed by atoms with Gasteiger partial charge in [0, 0.05) is 5.92 Å². The first kappa shape index (κ1) is 15.9. The maximum Gasteiger partial charge on any atom is 0.115 e. The number of hydrogen-bond donors (Lipinski definition) is 0. The Bertz CT molecular complexity index is 470. The Balaban J connectivity index is 1.93. The molecule has 1 aliphatic carbocycles. The van der Waals surface area contributed by atoms with Crippen LogP contribution in [0.1, 0.15) is 63.4 Å². The Morgan fingerprint density at radius 2 is 1.81 bits per heavy atom. The van der Waals surface area contributed by atoms with E-state index >= 15 is 0 Å². The van der Waals surface area contributed by atoms with Gasteiger partial charge in [-0.25, -0.2) is 0 Å². The van der Waals surface area contributed by atoms with Gasteiger partial charge in [-0.3, -0.25) is 0 Å². The summed E-state index contributed by atoms with van der Waals surface area (Å²) in [4.78, 5) is 0. The molecule has 0 saturated carbocycles. The third-order valence-corrected chi connectivity index (χ3v) is 4.26. The average molecular weight is 284 g/mol. The molecule has 0 spiro atoms. The van der Waals surface area contributed by atoms with Gasteiger partial charge >= 0.3 is 0 Å². The van der Waals surface area contributed by atoms with Gasteiger partial charge in [-0.05, 0) is 37.0 Å². The minimum absolute atomic E-state index is 0.469. The molecule has 1 aliphatic rings. The highest BCUT2D eigenvalue weighted by molar-refractivity contribution is 5.34. The second kappa shape index (κ2) is 8.71. The summed E-state index contributed by atoms with van der Waals surface area (Å²) in [5, 5.41) is 0. The fourth-order valence-electron chi connectivity index (χ4n) is 3.02. The molecule has 0 N–H and O–H groups in total. The van der Waals surface area contributed by atoms with Crippen LogP contribution in [0.25, 0.3) is 0 Å². The zero-order valence-electron chi connectivity index (χ0n) is 13.5. The zero-order chi connectivity index (χ0) is 14.9. The molecule has 0 bridgehead atoms. The highest BCUT2D eigenvalue weighted by Gasteiger charge is 2.17. The van der Waals surface area contributed by atoms with Gasteiger partial charge in [-0.2, -0.15) is 0 Å². The predicted molar refractivity (Wildman–Crippen MR) is 90.4 cm³/mol. The van der Waals surface area contributed by atoms with Crippen molar-refractivity contribution in [3.05, 3.63) is 59.4 Å². The molecule has 1 aromatic rings. The Morgan fingerprint density at radius 3 is 2.52 bits per heavy atom. The van der Waals surface area contributed by atoms with Crippen molar-refractivity contribution in [2.75, 3.05) is 7.11 Å². The first-order chi connectivity index (χ1) is 10.3. The number of methoxy groups -OCH3 is 1. The Labute approximate surface area is 129 Å². The molecule has 21 heavy (non-hydrogen) atoms. The number of rotatable bonds is 8. The molecule has 1 aromatic carbocycles. The van der Waals surface area contributed by atoms with E-state index in [1.54, 1.807) is 12.7 Å². The monoisotopic (exact) mass is 284 g/mol. The quantitative estimate of drug-likeness (QED) is 0.533. The van der Waals surface area contributed by atoms with E-state index < -0.39 is 0 Å². The van der Waals surface area contributed by atoms with Gasteiger partial charge in [0.1, 0.15) is 5.76 Å². The number of hydrogen-bond acceptors (Lipinski definition) is 1. The first-order valence-corrected chi connectivity index (χ1v) is 8.33. The maximum absolute atomic E-state index is 5.50. The molecule has 1 nitrogen and oxygen atoms in total. The van der Waals surface area contributed by atoms with Crippen molar-refractivity contribution in [3.63, 3.8) is 0 Å². The molecule has 0 amide bonds. The van der Waals surface area contributed by atoms with E-state index in [2.05, 4.69) is 49.4 Å². The summed E-state index contributed by atoms with van der Waals surface area (Å²) >= 11 is 0. The molecule has 0 aromatic heterocycles. The van der Waals surface area contributed by atoms with Crippen molar-refractivity contribution in [3.8, 4) is 0 Å². The van der Waals surface area contributed by atoms with Gasteiger partial charge < -0.3 is 4.74 Å². The van der Waals surface area contributed by atoms with Crippen LogP contribution in [-0.2, 0) is 4.74 Å². The molecule has 1 unspecified atom stereocenters. The van der Waals surface area contributed by atoms with Crippen LogP contribution < -0.4 is 0 Å². The summed E-state index contributed by atoms with van der Waals surface area (Å²) in [6.07, 6.45) is 13.6. The molecule has 0 radical (unpaired) electrons. The van der Waals surface area contributed by atoms with Crippen molar-refractivity contribution in [2.45, 2.75) is 57.8 Å². The summed E-state index contributed by atoms with van der Waals surface area (Å²) in [7, 11) is 1.77. The van der Waals surface area contributed by atoms with Gasteiger partial charge in [0.25, 0.3) is 0 Å². The molecule has 1 atom stereocenters. The first-order valence-electron chi connectivity index (χ1n) is 8.33. The molecule has 0 fully saturated rings. The van der Waals surface area contributed by atoms with E-state index in [1.807, 2.05) is 0 Å². The van der Waals surface area contributed by atoms with Crippen LogP contribution in [0, 0.1) is 0 Å². The molecule has 1 heteroatoms. The number of ether oxygens (including phenoxy) is 1. The lowest BCUT2D eigenvalue weighted by Crippen LogP contribution is -2.05. The Hall–Kier alpha value is -1.50. The van der Waals surface area contributed by atoms with E-state index in [-0.39, 0.29) is 0 Å². The molecule has 114 valence electrons. The van der Waals surface area contributed by atoms with Crippen LogP contribution in [0.15, 0.2) is 53.8 Å². The van der Waals surface area contributed by atoms with Gasteiger partial charge in [-0.15, -0.1) is 0 Å². The van der Waals surface area contributed by atoms with Crippen LogP contribution in [0.2, 0.25) is 0 Å². The van der Waals surface area contributed by atoms with Crippen molar-refractivity contribution in [2.24, 2.45) is 0 Å². The molecule has 0 heterocycles. The molecule has 2 rings (SSSR count). The van der Waals surface area contributed by atoms with Gasteiger partial charge in [0.15, 0.2) is 0 Å². The minimum Gasteiger partial charge on any atom is -0.497 e. The van der Waals surface area contributed by atoms with E-state index in [4.69, 9.17) is 4.74 Å². The standard InChI is InChI=1S/C20H28O/c1-3-4-5-6-8-11-17-14-19(16-20(15-17)21-2)18-12-9-7-10-13-18/h7,9-10,12-13,15-16,19H,3-6,8,11,14H2,1-2H3. The van der Waals surface area contributed by atoms with Crippen molar-refractivity contribution < 1.29 is 4.74 Å². The number of allylic oxidation sites excluding steroid dienone is 3. The molecule has 0 saturated heterocycles. The van der Waals surface area contributed by atoms with E-state index in [0.29, 0.717) is 5.92 Å². The third-order valence-electron chi connectivity index (χ3n) is 4.26. The van der Waals surface area contributed by atoms with Crippen molar-refractivity contribution >= 4 is 0 Å². The molecular weight excluding hydrogens is 256 g/mol. The minimum atomic E-state index is 0.469. The van der Waals surface area contributed by atoms with Crippen LogP contribution in [-0.4, -0.2) is 7.11 Å². The summed E-state index contributed by atoms with van der Waals surface area (Å²) in [6, 6.07) is 10.8. The zero-order valence-corrected chi connectivity index (χ0v) is 13.5. The Morgan fingerprint density at radius 1 is 1.05 bits per heavy atom. The highest BCUT2D eigenvalue weighted by Crippen LogP contribution is 2.33. The normalized spacial score (nSPS) is 18.1. The highest BCUT2D eigenvalue weighted by atomic mass is 16.5. The second-order valence-corrected chi connectivity index (χ2v) is 5.96. The van der Waals surface area contributed by atoms with E-state index in [9.17, 15) is 0 Å². The largest absolute Gasteiger partial charge is 0.497 e. The summed E-state index contributed by atoms with van der Waals surface area (Å²) < 4.78 is 5.50. The SMILES string of the molecule is CCCCCCCC1=CC(OC)=CC(c2ccccc2)C1. The van der Waals surface area contributed by atoms with Gasteiger partial charge in [0.2, 0.25) is 0 Å². The van der Waals surface area contributed by atoms with Gasteiger partial charge in [-0.1, -0.05) is 68.5 Å². The Kier molecular flexibility index (Phi) is 6.59. The lowest BCUT2D eigenvalue weighted by atomic mass is 9.86. The topological polar surface area (TPSA) is 9.23 Å². The van der Waals surface area contributed by atoms with Crippen molar-refractivity contribution in [1.29, 1.82) is 0 Å². The molecular formula is C20H28O. The lowest BCUT2D eigenvalue weighted by Gasteiger charge is -2.22. The predicted octanol–water partition coefficient (Wildman–Crippen LogP) is 5.99. The van der Waals surface area contributed by atoms with Crippen molar-refractivity contribution in [1.82, 2.24) is 0 Å². The molecule has 0 aliphatic heterocycles. The van der Waals surface area contributed by atoms with Crippen LogP contribution in [0.5, 0.6) is 0 Å². The van der Waals surface area contributed by atoms with Crippen LogP contribution >= 0.6 is 0 Å². The smallest absolute Gasteiger partial charge is 0.115 e. The second-order valence-electron chi connectivity index (χ2n) is 5.96. The van der Waals surface area contributed by atoms with Crippen LogP contribution in [0.3, 0.4) is 0 Å². The van der Waals surface area contributed by atoms with Gasteiger partial charge in [0.05, 0.1) is 7.11 Å². The maximum atomic E-state index is 5.50.